The van der Waals surface area contributed by atoms with Gasteiger partial charge in [0.05, 0.1) is 11.6 Å². The molecule has 0 spiro atoms. The van der Waals surface area contributed by atoms with E-state index in [1.54, 1.807) is 37.4 Å². The van der Waals surface area contributed by atoms with Crippen LogP contribution in [0.15, 0.2) is 52.5 Å². The molecule has 0 bridgehead atoms. The van der Waals surface area contributed by atoms with Crippen LogP contribution in [0.3, 0.4) is 0 Å². The Morgan fingerprint density at radius 3 is 2.57 bits per heavy atom. The molecule has 0 fully saturated rings. The van der Waals surface area contributed by atoms with Crippen LogP contribution in [-0.2, 0) is 4.79 Å². The Kier molecular flexibility index (Phi) is 5.39. The van der Waals surface area contributed by atoms with Gasteiger partial charge in [0.15, 0.2) is 0 Å². The van der Waals surface area contributed by atoms with Crippen LogP contribution < -0.4 is 10.1 Å². The topological polar surface area (TPSA) is 82.3 Å². The van der Waals surface area contributed by atoms with E-state index in [-0.39, 0.29) is 11.3 Å². The second kappa shape index (κ2) is 7.47. The number of methoxy groups -OCH3 is 1. The standard InChI is InChI=1S/C17H13BrN2O3/c1-23-16-7-2-11(9-15(16)18)8-12(10-19)17(22)20-13-3-5-14(21)6-4-13/h2-9,21H,1H3,(H,20,22)/b12-8+. The Balaban J connectivity index is 2.21. The van der Waals surface area contributed by atoms with Crippen molar-refractivity contribution in [2.45, 2.75) is 0 Å². The third-order valence-electron chi connectivity index (χ3n) is 2.98. The Bertz CT molecular complexity index is 792. The fourth-order valence-electron chi connectivity index (χ4n) is 1.83. The number of nitrogens with one attached hydrogen (secondary N) is 1. The summed E-state index contributed by atoms with van der Waals surface area (Å²) in [6.07, 6.45) is 1.49. The maximum Gasteiger partial charge on any atom is 0.266 e. The lowest BCUT2D eigenvalue weighted by molar-refractivity contribution is -0.112. The molecule has 2 aromatic carbocycles. The zero-order valence-electron chi connectivity index (χ0n) is 12.2. The summed E-state index contributed by atoms with van der Waals surface area (Å²) in [6.45, 7) is 0. The Hall–Kier alpha value is -2.78. The normalized spacial score (nSPS) is 10.7. The van der Waals surface area contributed by atoms with Crippen LogP contribution in [0, 0.1) is 11.3 Å². The van der Waals surface area contributed by atoms with Crippen molar-refractivity contribution in [1.29, 1.82) is 5.26 Å². The fraction of sp³-hybridized carbons (Fsp3) is 0.0588. The highest BCUT2D eigenvalue weighted by molar-refractivity contribution is 9.10. The summed E-state index contributed by atoms with van der Waals surface area (Å²) in [5.74, 6) is 0.237. The molecule has 0 radical (unpaired) electrons. The number of benzene rings is 2. The third kappa shape index (κ3) is 4.34. The fourth-order valence-corrected chi connectivity index (χ4v) is 2.39. The summed E-state index contributed by atoms with van der Waals surface area (Å²) in [7, 11) is 1.56. The number of amides is 1. The first kappa shape index (κ1) is 16.6. The van der Waals surface area contributed by atoms with Crippen molar-refractivity contribution in [3.63, 3.8) is 0 Å². The van der Waals surface area contributed by atoms with Crippen molar-refractivity contribution in [3.8, 4) is 17.6 Å². The van der Waals surface area contributed by atoms with Crippen LogP contribution in [-0.4, -0.2) is 18.1 Å². The van der Waals surface area contributed by atoms with Crippen molar-refractivity contribution in [2.24, 2.45) is 0 Å². The molecular formula is C17H13BrN2O3. The van der Waals surface area contributed by atoms with Gasteiger partial charge in [-0.15, -0.1) is 0 Å². The van der Waals surface area contributed by atoms with Gasteiger partial charge in [-0.1, -0.05) is 6.07 Å². The molecule has 116 valence electrons. The Morgan fingerprint density at radius 1 is 1.30 bits per heavy atom. The molecule has 0 unspecified atom stereocenters. The first-order valence-corrected chi connectivity index (χ1v) is 7.38. The van der Waals surface area contributed by atoms with Gasteiger partial charge in [0.25, 0.3) is 5.91 Å². The predicted octanol–water partition coefficient (Wildman–Crippen LogP) is 3.71. The van der Waals surface area contributed by atoms with Crippen LogP contribution in [0.25, 0.3) is 6.08 Å². The van der Waals surface area contributed by atoms with Crippen molar-refractivity contribution in [1.82, 2.24) is 0 Å². The number of rotatable bonds is 4. The molecule has 0 aliphatic rings. The van der Waals surface area contributed by atoms with Crippen molar-refractivity contribution in [2.75, 3.05) is 12.4 Å². The zero-order chi connectivity index (χ0) is 16.8. The number of phenols is 1. The number of carbonyl (C=O) groups is 1. The Morgan fingerprint density at radius 2 is 2.00 bits per heavy atom. The number of ether oxygens (including phenoxy) is 1. The first-order valence-electron chi connectivity index (χ1n) is 6.59. The minimum absolute atomic E-state index is 0.0323. The molecule has 5 nitrogen and oxygen atoms in total. The highest BCUT2D eigenvalue weighted by atomic mass is 79.9. The van der Waals surface area contributed by atoms with Crippen LogP contribution >= 0.6 is 15.9 Å². The number of anilines is 1. The van der Waals surface area contributed by atoms with Crippen LogP contribution in [0.1, 0.15) is 5.56 Å². The molecule has 0 aliphatic heterocycles. The summed E-state index contributed by atoms with van der Waals surface area (Å²) in [5, 5.41) is 21.0. The largest absolute Gasteiger partial charge is 0.508 e. The van der Waals surface area contributed by atoms with E-state index in [4.69, 9.17) is 4.74 Å². The van der Waals surface area contributed by atoms with Gasteiger partial charge in [0.2, 0.25) is 0 Å². The molecule has 0 heterocycles. The van der Waals surface area contributed by atoms with E-state index < -0.39 is 5.91 Å². The number of halogens is 1. The van der Waals surface area contributed by atoms with Gasteiger partial charge in [0, 0.05) is 5.69 Å². The lowest BCUT2D eigenvalue weighted by Crippen LogP contribution is -2.13. The second-order valence-corrected chi connectivity index (χ2v) is 5.42. The number of carbonyl (C=O) groups excluding carboxylic acids is 1. The molecule has 2 N–H and O–H groups in total. The minimum Gasteiger partial charge on any atom is -0.508 e. The molecule has 2 aromatic rings. The van der Waals surface area contributed by atoms with E-state index in [0.29, 0.717) is 17.0 Å². The van der Waals surface area contributed by atoms with Gasteiger partial charge < -0.3 is 15.2 Å². The summed E-state index contributed by atoms with van der Waals surface area (Å²) in [6, 6.07) is 13.1. The van der Waals surface area contributed by atoms with Gasteiger partial charge in [-0.25, -0.2) is 0 Å². The molecule has 0 aromatic heterocycles. The number of phenolic OH excluding ortho intramolecular Hbond substituents is 1. The van der Waals surface area contributed by atoms with Gasteiger partial charge in [0.1, 0.15) is 23.1 Å². The average Bonchev–Trinajstić information content (AvgIpc) is 2.54. The average molecular weight is 373 g/mol. The summed E-state index contributed by atoms with van der Waals surface area (Å²) >= 11 is 3.36. The lowest BCUT2D eigenvalue weighted by atomic mass is 10.1. The molecule has 0 saturated heterocycles. The summed E-state index contributed by atoms with van der Waals surface area (Å²) in [5.41, 5.74) is 1.15. The monoisotopic (exact) mass is 372 g/mol. The third-order valence-corrected chi connectivity index (χ3v) is 3.60. The van der Waals surface area contributed by atoms with Crippen molar-refractivity contribution >= 4 is 33.6 Å². The van der Waals surface area contributed by atoms with E-state index in [9.17, 15) is 15.2 Å². The van der Waals surface area contributed by atoms with E-state index in [2.05, 4.69) is 21.2 Å². The van der Waals surface area contributed by atoms with E-state index in [0.717, 1.165) is 4.47 Å². The van der Waals surface area contributed by atoms with E-state index >= 15 is 0 Å². The number of aromatic hydroxyl groups is 1. The molecule has 0 atom stereocenters. The van der Waals surface area contributed by atoms with Crippen LogP contribution in [0.5, 0.6) is 11.5 Å². The van der Waals surface area contributed by atoms with Crippen LogP contribution in [0.4, 0.5) is 5.69 Å². The van der Waals surface area contributed by atoms with Gasteiger partial charge in [-0.2, -0.15) is 5.26 Å². The maximum atomic E-state index is 12.1. The van der Waals surface area contributed by atoms with E-state index in [1.807, 2.05) is 6.07 Å². The molecule has 0 saturated carbocycles. The SMILES string of the molecule is COc1ccc(/C=C(\C#N)C(=O)Nc2ccc(O)cc2)cc1Br. The molecule has 1 amide bonds. The predicted molar refractivity (Wildman–Crippen MR) is 91.0 cm³/mol. The maximum absolute atomic E-state index is 12.1. The number of nitrogens with zero attached hydrogens (tertiary/aromatic N) is 1. The zero-order valence-corrected chi connectivity index (χ0v) is 13.8. The van der Waals surface area contributed by atoms with Gasteiger partial charge >= 0.3 is 0 Å². The number of hydrogen-bond acceptors (Lipinski definition) is 4. The van der Waals surface area contributed by atoms with E-state index in [1.165, 1.54) is 18.2 Å². The summed E-state index contributed by atoms with van der Waals surface area (Å²) < 4.78 is 5.86. The van der Waals surface area contributed by atoms with Crippen molar-refractivity contribution in [3.05, 3.63) is 58.1 Å². The molecule has 2 rings (SSSR count). The highest BCUT2D eigenvalue weighted by Gasteiger charge is 2.10. The van der Waals surface area contributed by atoms with Crippen molar-refractivity contribution < 1.29 is 14.6 Å². The van der Waals surface area contributed by atoms with Gasteiger partial charge in [-0.05, 0) is 64.0 Å². The quantitative estimate of drug-likeness (QED) is 0.486. The molecular weight excluding hydrogens is 360 g/mol. The number of hydrogen-bond donors (Lipinski definition) is 2. The van der Waals surface area contributed by atoms with Gasteiger partial charge in [-0.3, -0.25) is 4.79 Å². The highest BCUT2D eigenvalue weighted by Crippen LogP contribution is 2.26. The Labute approximate surface area is 142 Å². The molecule has 0 aliphatic carbocycles. The molecule has 6 heteroatoms. The first-order chi connectivity index (χ1) is 11.0. The minimum atomic E-state index is -0.523. The van der Waals surface area contributed by atoms with Crippen LogP contribution in [0.2, 0.25) is 0 Å². The number of nitriles is 1. The summed E-state index contributed by atoms with van der Waals surface area (Å²) in [4.78, 5) is 12.1. The second-order valence-electron chi connectivity index (χ2n) is 4.56. The lowest BCUT2D eigenvalue weighted by Gasteiger charge is -2.06. The smallest absolute Gasteiger partial charge is 0.266 e. The molecule has 23 heavy (non-hydrogen) atoms.